The van der Waals surface area contributed by atoms with Gasteiger partial charge in [-0.3, -0.25) is 0 Å². The molecule has 0 aromatic heterocycles. The van der Waals surface area contributed by atoms with E-state index in [1.807, 2.05) is 0 Å². The van der Waals surface area contributed by atoms with Gasteiger partial charge in [-0.1, -0.05) is 32.6 Å². The van der Waals surface area contributed by atoms with Crippen LogP contribution in [0.15, 0.2) is 0 Å². The number of hydrogen-bond acceptors (Lipinski definition) is 2. The Morgan fingerprint density at radius 2 is 1.62 bits per heavy atom. The van der Waals surface area contributed by atoms with Crippen molar-refractivity contribution in [3.8, 4) is 0 Å². The standard InChI is InChI=1S/C14H28N2/c1-2-16-11-7-10-14(12-16)15-13-8-5-3-4-6-9-13/h13-15H,2-12H2,1H3. The predicted octanol–water partition coefficient (Wildman–Crippen LogP) is 2.78. The maximum atomic E-state index is 3.92. The molecule has 0 aromatic rings. The Bertz CT molecular complexity index is 185. The molecule has 1 aliphatic heterocycles. The first-order valence-corrected chi connectivity index (χ1v) is 7.37. The molecule has 0 radical (unpaired) electrons. The van der Waals surface area contributed by atoms with E-state index in [1.54, 1.807) is 0 Å². The van der Waals surface area contributed by atoms with E-state index in [0.717, 1.165) is 12.1 Å². The van der Waals surface area contributed by atoms with E-state index in [0.29, 0.717) is 0 Å². The summed E-state index contributed by atoms with van der Waals surface area (Å²) in [5.41, 5.74) is 0. The van der Waals surface area contributed by atoms with Crippen LogP contribution in [0.2, 0.25) is 0 Å². The fourth-order valence-corrected chi connectivity index (χ4v) is 3.26. The first-order chi connectivity index (χ1) is 7.88. The number of likely N-dealkylation sites (N-methyl/N-ethyl adjacent to an activating group) is 1. The zero-order valence-electron chi connectivity index (χ0n) is 10.9. The van der Waals surface area contributed by atoms with E-state index in [-0.39, 0.29) is 0 Å². The van der Waals surface area contributed by atoms with Gasteiger partial charge in [0, 0.05) is 18.6 Å². The topological polar surface area (TPSA) is 15.3 Å². The van der Waals surface area contributed by atoms with Crippen molar-refractivity contribution in [3.05, 3.63) is 0 Å². The fourth-order valence-electron chi connectivity index (χ4n) is 3.26. The fraction of sp³-hybridized carbons (Fsp3) is 1.00. The van der Waals surface area contributed by atoms with Crippen molar-refractivity contribution in [2.24, 2.45) is 0 Å². The Hall–Kier alpha value is -0.0800. The molecule has 94 valence electrons. The Kier molecular flexibility index (Phi) is 5.11. The number of rotatable bonds is 3. The first kappa shape index (κ1) is 12.4. The van der Waals surface area contributed by atoms with Crippen LogP contribution in [0.4, 0.5) is 0 Å². The maximum absolute atomic E-state index is 3.92. The summed E-state index contributed by atoms with van der Waals surface area (Å²) in [6.45, 7) is 6.11. The lowest BCUT2D eigenvalue weighted by molar-refractivity contribution is 0.187. The number of likely N-dealkylation sites (tertiary alicyclic amines) is 1. The van der Waals surface area contributed by atoms with E-state index in [9.17, 15) is 0 Å². The van der Waals surface area contributed by atoms with E-state index in [1.165, 1.54) is 71.0 Å². The van der Waals surface area contributed by atoms with Crippen LogP contribution in [0.25, 0.3) is 0 Å². The highest BCUT2D eigenvalue weighted by atomic mass is 15.2. The molecular weight excluding hydrogens is 196 g/mol. The second-order valence-corrected chi connectivity index (χ2v) is 5.59. The zero-order chi connectivity index (χ0) is 11.2. The molecule has 0 spiro atoms. The van der Waals surface area contributed by atoms with Crippen LogP contribution in [0.5, 0.6) is 0 Å². The van der Waals surface area contributed by atoms with Gasteiger partial charge in [0.1, 0.15) is 0 Å². The summed E-state index contributed by atoms with van der Waals surface area (Å²) in [6, 6.07) is 1.60. The lowest BCUT2D eigenvalue weighted by atomic mass is 10.0. The summed E-state index contributed by atoms with van der Waals surface area (Å²) in [6.07, 6.45) is 11.4. The minimum absolute atomic E-state index is 0.775. The van der Waals surface area contributed by atoms with Gasteiger partial charge in [-0.25, -0.2) is 0 Å². The highest BCUT2D eigenvalue weighted by molar-refractivity contribution is 4.82. The Labute approximate surface area is 101 Å². The van der Waals surface area contributed by atoms with Crippen LogP contribution in [-0.2, 0) is 0 Å². The van der Waals surface area contributed by atoms with Crippen molar-refractivity contribution in [1.82, 2.24) is 10.2 Å². The molecule has 2 rings (SSSR count). The predicted molar refractivity (Wildman–Crippen MR) is 69.8 cm³/mol. The zero-order valence-corrected chi connectivity index (χ0v) is 10.9. The minimum atomic E-state index is 0.775. The Morgan fingerprint density at radius 1 is 0.938 bits per heavy atom. The molecule has 1 saturated heterocycles. The van der Waals surface area contributed by atoms with Crippen LogP contribution in [0.3, 0.4) is 0 Å². The molecule has 1 N–H and O–H groups in total. The SMILES string of the molecule is CCN1CCCC(NC2CCCCCC2)C1. The van der Waals surface area contributed by atoms with Crippen molar-refractivity contribution in [3.63, 3.8) is 0 Å². The molecule has 2 heteroatoms. The smallest absolute Gasteiger partial charge is 0.0198 e. The summed E-state index contributed by atoms with van der Waals surface area (Å²) in [5.74, 6) is 0. The summed E-state index contributed by atoms with van der Waals surface area (Å²) >= 11 is 0. The maximum Gasteiger partial charge on any atom is 0.0198 e. The normalized spacial score (nSPS) is 30.2. The van der Waals surface area contributed by atoms with Crippen molar-refractivity contribution < 1.29 is 0 Å². The molecule has 1 saturated carbocycles. The minimum Gasteiger partial charge on any atom is -0.310 e. The highest BCUT2D eigenvalue weighted by Crippen LogP contribution is 2.19. The molecular formula is C14H28N2. The number of hydrogen-bond donors (Lipinski definition) is 1. The van der Waals surface area contributed by atoms with Crippen LogP contribution in [0, 0.1) is 0 Å². The molecule has 0 aromatic carbocycles. The molecule has 16 heavy (non-hydrogen) atoms. The summed E-state index contributed by atoms with van der Waals surface area (Å²) < 4.78 is 0. The molecule has 2 aliphatic rings. The summed E-state index contributed by atoms with van der Waals surface area (Å²) in [5, 5.41) is 3.92. The summed E-state index contributed by atoms with van der Waals surface area (Å²) in [4.78, 5) is 2.60. The van der Waals surface area contributed by atoms with Gasteiger partial charge in [-0.05, 0) is 38.8 Å². The molecule has 1 unspecified atom stereocenters. The summed E-state index contributed by atoms with van der Waals surface area (Å²) in [7, 11) is 0. The number of nitrogens with zero attached hydrogens (tertiary/aromatic N) is 1. The monoisotopic (exact) mass is 224 g/mol. The highest BCUT2D eigenvalue weighted by Gasteiger charge is 2.21. The van der Waals surface area contributed by atoms with Gasteiger partial charge in [0.2, 0.25) is 0 Å². The molecule has 1 heterocycles. The third-order valence-electron chi connectivity index (χ3n) is 4.28. The van der Waals surface area contributed by atoms with E-state index >= 15 is 0 Å². The second-order valence-electron chi connectivity index (χ2n) is 5.59. The Morgan fingerprint density at radius 3 is 2.31 bits per heavy atom. The molecule has 1 aliphatic carbocycles. The average molecular weight is 224 g/mol. The quantitative estimate of drug-likeness (QED) is 0.742. The Balaban J connectivity index is 1.74. The van der Waals surface area contributed by atoms with Crippen molar-refractivity contribution >= 4 is 0 Å². The number of nitrogens with one attached hydrogen (secondary N) is 1. The van der Waals surface area contributed by atoms with E-state index < -0.39 is 0 Å². The largest absolute Gasteiger partial charge is 0.310 e. The van der Waals surface area contributed by atoms with Gasteiger partial charge in [0.25, 0.3) is 0 Å². The molecule has 2 fully saturated rings. The van der Waals surface area contributed by atoms with Gasteiger partial charge < -0.3 is 10.2 Å². The average Bonchev–Trinajstić information content (AvgIpc) is 2.58. The van der Waals surface area contributed by atoms with Gasteiger partial charge in [-0.15, -0.1) is 0 Å². The van der Waals surface area contributed by atoms with E-state index in [4.69, 9.17) is 0 Å². The van der Waals surface area contributed by atoms with E-state index in [2.05, 4.69) is 17.1 Å². The van der Waals surface area contributed by atoms with Gasteiger partial charge >= 0.3 is 0 Å². The van der Waals surface area contributed by atoms with Crippen LogP contribution < -0.4 is 5.32 Å². The van der Waals surface area contributed by atoms with Crippen LogP contribution in [-0.4, -0.2) is 36.6 Å². The van der Waals surface area contributed by atoms with Crippen molar-refractivity contribution in [2.45, 2.75) is 70.4 Å². The number of piperidine rings is 1. The first-order valence-electron chi connectivity index (χ1n) is 7.37. The molecule has 1 atom stereocenters. The van der Waals surface area contributed by atoms with Crippen molar-refractivity contribution in [2.75, 3.05) is 19.6 Å². The lowest BCUT2D eigenvalue weighted by Crippen LogP contribution is -2.48. The molecule has 0 bridgehead atoms. The van der Waals surface area contributed by atoms with Gasteiger partial charge in [0.05, 0.1) is 0 Å². The molecule has 0 amide bonds. The van der Waals surface area contributed by atoms with Gasteiger partial charge in [-0.2, -0.15) is 0 Å². The van der Waals surface area contributed by atoms with Crippen LogP contribution in [0.1, 0.15) is 58.3 Å². The second kappa shape index (κ2) is 6.61. The lowest BCUT2D eigenvalue weighted by Gasteiger charge is -2.34. The van der Waals surface area contributed by atoms with Gasteiger partial charge in [0.15, 0.2) is 0 Å². The third-order valence-corrected chi connectivity index (χ3v) is 4.28. The molecule has 2 nitrogen and oxygen atoms in total. The van der Waals surface area contributed by atoms with Crippen LogP contribution >= 0.6 is 0 Å². The third kappa shape index (κ3) is 3.74. The van der Waals surface area contributed by atoms with Crippen molar-refractivity contribution in [1.29, 1.82) is 0 Å².